The second-order valence-corrected chi connectivity index (χ2v) is 8.98. The van der Waals surface area contributed by atoms with Gasteiger partial charge in [-0.15, -0.1) is 0 Å². The van der Waals surface area contributed by atoms with Gasteiger partial charge >= 0.3 is 0 Å². The SMILES string of the molecule is Oc1c2c3c4c5c1N=C(Br)C=5CC[N+]=4C1C(O)C(Br)=CC3(C=CN2)C1O. The normalized spacial score (nSPS) is 35.0. The molecule has 0 fully saturated rings. The maximum absolute atomic E-state index is 11.3. The average molecular weight is 480 g/mol. The van der Waals surface area contributed by atoms with Crippen molar-refractivity contribution in [2.75, 3.05) is 11.9 Å². The third-order valence-electron chi connectivity index (χ3n) is 6.25. The van der Waals surface area contributed by atoms with Crippen LogP contribution in [0.25, 0.3) is 5.57 Å². The molecule has 6 rings (SSSR count). The van der Waals surface area contributed by atoms with Gasteiger partial charge in [-0.3, -0.25) is 0 Å². The predicted octanol–water partition coefficient (Wildman–Crippen LogP) is 0.450. The smallest absolute Gasteiger partial charge is 0.217 e. The van der Waals surface area contributed by atoms with Gasteiger partial charge in [0.05, 0.1) is 21.9 Å². The van der Waals surface area contributed by atoms with Crippen LogP contribution in [0.1, 0.15) is 12.0 Å². The number of halogens is 2. The number of anilines is 1. The molecule has 132 valence electrons. The van der Waals surface area contributed by atoms with Gasteiger partial charge in [-0.25, -0.2) is 9.57 Å². The first-order chi connectivity index (χ1) is 12.5. The Morgan fingerprint density at radius 1 is 1.31 bits per heavy atom. The van der Waals surface area contributed by atoms with E-state index in [0.29, 0.717) is 22.4 Å². The van der Waals surface area contributed by atoms with Gasteiger partial charge in [0.2, 0.25) is 11.4 Å². The number of phenolic OH excluding ortho intramolecular Hbond substituents is 1. The summed E-state index contributed by atoms with van der Waals surface area (Å²) in [6, 6.07) is -0.466. The first-order valence-electron chi connectivity index (χ1n) is 8.45. The highest BCUT2D eigenvalue weighted by atomic mass is 79.9. The highest BCUT2D eigenvalue weighted by Crippen LogP contribution is 2.50. The molecular weight excluding hydrogens is 466 g/mol. The fourth-order valence-electron chi connectivity index (χ4n) is 5.17. The molecule has 2 bridgehead atoms. The molecule has 4 atom stereocenters. The van der Waals surface area contributed by atoms with Crippen molar-refractivity contribution in [1.82, 2.24) is 4.58 Å². The van der Waals surface area contributed by atoms with E-state index in [0.717, 1.165) is 32.8 Å². The first kappa shape index (κ1) is 15.6. The molecule has 1 spiro atoms. The molecule has 4 heterocycles. The molecule has 4 N–H and O–H groups in total. The summed E-state index contributed by atoms with van der Waals surface area (Å²) in [5.41, 5.74) is 2.23. The van der Waals surface area contributed by atoms with E-state index in [1.807, 2.05) is 12.2 Å². The summed E-state index contributed by atoms with van der Waals surface area (Å²) in [4.78, 5) is 4.55. The summed E-state index contributed by atoms with van der Waals surface area (Å²) < 4.78 is 3.49. The van der Waals surface area contributed by atoms with Crippen LogP contribution in [0.5, 0.6) is 5.75 Å². The summed E-state index contributed by atoms with van der Waals surface area (Å²) >= 11 is 7.03. The Bertz CT molecular complexity index is 1150. The highest BCUT2D eigenvalue weighted by molar-refractivity contribution is 9.18. The van der Waals surface area contributed by atoms with Gasteiger partial charge in [0.25, 0.3) is 0 Å². The van der Waals surface area contributed by atoms with E-state index < -0.39 is 23.7 Å². The Morgan fingerprint density at radius 2 is 2.12 bits per heavy atom. The highest BCUT2D eigenvalue weighted by Gasteiger charge is 2.60. The third-order valence-corrected chi connectivity index (χ3v) is 7.60. The second kappa shape index (κ2) is 4.67. The van der Waals surface area contributed by atoms with Gasteiger partial charge in [0.15, 0.2) is 5.75 Å². The Kier molecular flexibility index (Phi) is 2.80. The van der Waals surface area contributed by atoms with E-state index in [1.54, 1.807) is 6.20 Å². The van der Waals surface area contributed by atoms with Gasteiger partial charge < -0.3 is 20.6 Å². The lowest BCUT2D eigenvalue weighted by Gasteiger charge is -2.46. The minimum absolute atomic E-state index is 0.0950. The lowest BCUT2D eigenvalue weighted by atomic mass is 9.64. The molecule has 0 saturated heterocycles. The number of fused-ring (bicyclic) bond motifs is 2. The van der Waals surface area contributed by atoms with Crippen LogP contribution in [0.3, 0.4) is 0 Å². The maximum Gasteiger partial charge on any atom is 0.217 e. The van der Waals surface area contributed by atoms with E-state index in [1.165, 1.54) is 0 Å². The van der Waals surface area contributed by atoms with Gasteiger partial charge in [0.1, 0.15) is 29.1 Å². The van der Waals surface area contributed by atoms with Crippen molar-refractivity contribution in [3.8, 4) is 5.75 Å². The van der Waals surface area contributed by atoms with Crippen molar-refractivity contribution in [2.45, 2.75) is 30.1 Å². The van der Waals surface area contributed by atoms with E-state index in [4.69, 9.17) is 0 Å². The van der Waals surface area contributed by atoms with Crippen molar-refractivity contribution in [1.29, 1.82) is 0 Å². The van der Waals surface area contributed by atoms with Crippen LogP contribution in [-0.4, -0.2) is 44.7 Å². The largest absolute Gasteiger partial charge is 0.504 e. The number of aliphatic imine (C=N–C) groups is 1. The number of nitrogens with zero attached hydrogens (tertiary/aromatic N) is 2. The van der Waals surface area contributed by atoms with Crippen LogP contribution in [0.2, 0.25) is 0 Å². The zero-order valence-electron chi connectivity index (χ0n) is 13.4. The lowest BCUT2D eigenvalue weighted by Crippen LogP contribution is -2.70. The number of aromatic hydroxyl groups is 1. The molecule has 4 aliphatic heterocycles. The predicted molar refractivity (Wildman–Crippen MR) is 105 cm³/mol. The number of phenols is 1. The van der Waals surface area contributed by atoms with E-state index in [2.05, 4.69) is 46.7 Å². The second-order valence-electron chi connectivity index (χ2n) is 7.32. The summed E-state index contributed by atoms with van der Waals surface area (Å²) in [7, 11) is 0. The van der Waals surface area contributed by atoms with Crippen molar-refractivity contribution in [3.05, 3.63) is 39.0 Å². The number of aliphatic hydroxyl groups is 2. The van der Waals surface area contributed by atoms with Crippen molar-refractivity contribution >= 4 is 53.4 Å². The molecule has 8 heteroatoms. The molecule has 6 nitrogen and oxygen atoms in total. The Hall–Kier alpha value is -1.48. The van der Waals surface area contributed by atoms with Gasteiger partial charge in [-0.05, 0) is 22.1 Å². The van der Waals surface area contributed by atoms with Crippen LogP contribution < -0.4 is 20.5 Å². The standard InChI is InChI=1S/C18H13Br2N3O3/c19-7-5-18-2-3-21-11-9(18)12-8-6(17(20)22-10(8)15(11)25)1-4-23(12)13(14(7)24)16(18)26/h2-3,5,13-14,16,24,26H,1,4H2,(H,21,22,25)/p+1. The fourth-order valence-corrected chi connectivity index (χ4v) is 6.39. The zero-order valence-corrected chi connectivity index (χ0v) is 16.5. The topological polar surface area (TPSA) is 88.1 Å². The number of aliphatic hydroxyl groups excluding tert-OH is 2. The summed E-state index contributed by atoms with van der Waals surface area (Å²) in [6.07, 6.45) is 4.62. The Balaban J connectivity index is 1.92. The quantitative estimate of drug-likeness (QED) is 0.321. The minimum atomic E-state index is -0.826. The number of rotatable bonds is 0. The number of hydrogen-bond acceptors (Lipinski definition) is 5. The molecule has 4 unspecified atom stereocenters. The molecular formula is C18H14Br2N3O3+. The van der Waals surface area contributed by atoms with Crippen LogP contribution in [0.15, 0.2) is 27.8 Å². The summed E-state index contributed by atoms with van der Waals surface area (Å²) in [6.45, 7) is 0.669. The van der Waals surface area contributed by atoms with Crippen molar-refractivity contribution < 1.29 is 15.3 Å². The lowest BCUT2D eigenvalue weighted by molar-refractivity contribution is 0.00224. The fraction of sp³-hybridized carbons (Fsp3) is 0.333. The van der Waals surface area contributed by atoms with Gasteiger partial charge in [0, 0.05) is 16.5 Å². The molecule has 0 aromatic heterocycles. The minimum Gasteiger partial charge on any atom is -0.504 e. The average Bonchev–Trinajstić information content (AvgIpc) is 2.96. The van der Waals surface area contributed by atoms with Crippen LogP contribution in [0, 0.1) is 0 Å². The molecule has 5 aliphatic rings. The monoisotopic (exact) mass is 478 g/mol. The van der Waals surface area contributed by atoms with Gasteiger partial charge in [-0.2, -0.15) is 0 Å². The molecule has 1 aromatic carbocycles. The number of hydrogen-bond donors (Lipinski definition) is 4. The molecule has 0 amide bonds. The first-order valence-corrected chi connectivity index (χ1v) is 10.0. The van der Waals surface area contributed by atoms with Gasteiger partial charge in [-0.1, -0.05) is 28.1 Å². The molecule has 26 heavy (non-hydrogen) atoms. The summed E-state index contributed by atoms with van der Waals surface area (Å²) in [5, 5.41) is 38.0. The van der Waals surface area contributed by atoms with E-state index in [-0.39, 0.29) is 5.75 Å². The summed E-state index contributed by atoms with van der Waals surface area (Å²) in [5.74, 6) is 0.0950. The third kappa shape index (κ3) is 1.50. The molecule has 0 radical (unpaired) electrons. The molecule has 1 aliphatic carbocycles. The Labute approximate surface area is 164 Å². The van der Waals surface area contributed by atoms with E-state index >= 15 is 0 Å². The van der Waals surface area contributed by atoms with Crippen molar-refractivity contribution in [3.63, 3.8) is 0 Å². The van der Waals surface area contributed by atoms with E-state index in [9.17, 15) is 15.3 Å². The zero-order chi connectivity index (χ0) is 18.0. The number of nitrogens with one attached hydrogen (secondary N) is 1. The molecule has 1 aromatic rings. The van der Waals surface area contributed by atoms with Crippen LogP contribution in [-0.2, 0) is 5.41 Å². The van der Waals surface area contributed by atoms with Crippen LogP contribution >= 0.6 is 31.9 Å². The molecule has 0 saturated carbocycles. The maximum atomic E-state index is 11.3. The van der Waals surface area contributed by atoms with Crippen LogP contribution in [0.4, 0.5) is 11.4 Å². The number of benzene rings is 1. The Morgan fingerprint density at radius 3 is 2.92 bits per heavy atom. The van der Waals surface area contributed by atoms with Crippen molar-refractivity contribution in [2.24, 2.45) is 4.99 Å².